The van der Waals surface area contributed by atoms with Gasteiger partial charge in [0.2, 0.25) is 0 Å². The Morgan fingerprint density at radius 3 is 2.32 bits per heavy atom. The summed E-state index contributed by atoms with van der Waals surface area (Å²) in [5, 5.41) is 1.08. The molecule has 0 bridgehead atoms. The van der Waals surface area contributed by atoms with E-state index in [4.69, 9.17) is 11.6 Å². The van der Waals surface area contributed by atoms with E-state index in [0.29, 0.717) is 15.6 Å². The number of thiazole rings is 1. The van der Waals surface area contributed by atoms with Gasteiger partial charge in [-0.05, 0) is 19.1 Å². The van der Waals surface area contributed by atoms with Gasteiger partial charge in [0.1, 0.15) is 4.88 Å². The van der Waals surface area contributed by atoms with Crippen LogP contribution in [0.1, 0.15) is 25.0 Å². The van der Waals surface area contributed by atoms with E-state index < -0.39 is 11.8 Å². The first-order valence-electron chi connectivity index (χ1n) is 7.44. The molecule has 5 nitrogen and oxygen atoms in total. The van der Waals surface area contributed by atoms with Crippen molar-refractivity contribution in [2.75, 3.05) is 0 Å². The van der Waals surface area contributed by atoms with Crippen LogP contribution < -0.4 is 10.9 Å². The van der Waals surface area contributed by atoms with Crippen LogP contribution in [0.4, 0.5) is 0 Å². The van der Waals surface area contributed by atoms with Gasteiger partial charge in [0, 0.05) is 5.56 Å². The molecule has 2 N–H and O–H groups in total. The molecule has 0 atom stereocenters. The van der Waals surface area contributed by atoms with Crippen molar-refractivity contribution in [1.82, 2.24) is 15.8 Å². The standard InChI is InChI=1S/C18H14ClN3O2S/c1-11-20-15(12-7-3-2-4-8-12)16(25-11)18(24)22-21-17(23)13-9-5-6-10-14(13)19/h2-10H,1H3,(H,21,23)(H,22,24). The van der Waals surface area contributed by atoms with E-state index in [1.54, 1.807) is 24.3 Å². The highest BCUT2D eigenvalue weighted by molar-refractivity contribution is 7.14. The fourth-order valence-corrected chi connectivity index (χ4v) is 3.31. The van der Waals surface area contributed by atoms with Crippen molar-refractivity contribution in [3.8, 4) is 11.3 Å². The van der Waals surface area contributed by atoms with Gasteiger partial charge in [-0.3, -0.25) is 20.4 Å². The number of halogens is 1. The molecule has 0 aliphatic carbocycles. The summed E-state index contributed by atoms with van der Waals surface area (Å²) < 4.78 is 0. The number of benzene rings is 2. The van der Waals surface area contributed by atoms with Crippen molar-refractivity contribution in [2.45, 2.75) is 6.92 Å². The Morgan fingerprint density at radius 1 is 0.960 bits per heavy atom. The molecule has 0 saturated heterocycles. The predicted octanol–water partition coefficient (Wildman–Crippen LogP) is 3.85. The summed E-state index contributed by atoms with van der Waals surface area (Å²) in [4.78, 5) is 29.5. The number of carbonyl (C=O) groups is 2. The quantitative estimate of drug-likeness (QED) is 0.687. The number of aryl methyl sites for hydroxylation is 1. The van der Waals surface area contributed by atoms with Gasteiger partial charge in [0.05, 0.1) is 21.3 Å². The zero-order chi connectivity index (χ0) is 17.8. The Hall–Kier alpha value is -2.70. The molecule has 0 fully saturated rings. The summed E-state index contributed by atoms with van der Waals surface area (Å²) in [6.07, 6.45) is 0. The number of rotatable bonds is 3. The highest BCUT2D eigenvalue weighted by atomic mass is 35.5. The lowest BCUT2D eigenvalue weighted by Gasteiger charge is -2.08. The Kier molecular flexibility index (Phi) is 5.11. The van der Waals surface area contributed by atoms with Crippen molar-refractivity contribution in [2.24, 2.45) is 0 Å². The molecule has 1 heterocycles. The lowest BCUT2D eigenvalue weighted by Crippen LogP contribution is -2.41. The van der Waals surface area contributed by atoms with Crippen LogP contribution in [0.5, 0.6) is 0 Å². The number of amides is 2. The average Bonchev–Trinajstić information content (AvgIpc) is 3.02. The highest BCUT2D eigenvalue weighted by Crippen LogP contribution is 2.27. The number of hydrazine groups is 1. The molecule has 3 aromatic rings. The fraction of sp³-hybridized carbons (Fsp3) is 0.0556. The van der Waals surface area contributed by atoms with Crippen molar-refractivity contribution >= 4 is 34.8 Å². The second-order valence-corrected chi connectivity index (χ2v) is 6.78. The van der Waals surface area contributed by atoms with Crippen LogP contribution in [-0.4, -0.2) is 16.8 Å². The summed E-state index contributed by atoms with van der Waals surface area (Å²) >= 11 is 7.25. The molecule has 0 saturated carbocycles. The molecule has 2 aromatic carbocycles. The fourth-order valence-electron chi connectivity index (χ4n) is 2.26. The molecule has 0 aliphatic rings. The molecule has 2 amide bonds. The third-order valence-corrected chi connectivity index (χ3v) is 4.69. The monoisotopic (exact) mass is 371 g/mol. The number of carbonyl (C=O) groups excluding carboxylic acids is 2. The zero-order valence-electron chi connectivity index (χ0n) is 13.2. The lowest BCUT2D eigenvalue weighted by atomic mass is 10.1. The molecular formula is C18H14ClN3O2S. The third kappa shape index (κ3) is 3.87. The molecule has 0 spiro atoms. The first-order chi connectivity index (χ1) is 12.1. The van der Waals surface area contributed by atoms with Gasteiger partial charge in [-0.25, -0.2) is 4.98 Å². The molecular weight excluding hydrogens is 358 g/mol. The Labute approximate surface area is 153 Å². The first-order valence-corrected chi connectivity index (χ1v) is 8.64. The maximum Gasteiger partial charge on any atom is 0.282 e. The Morgan fingerprint density at radius 2 is 1.60 bits per heavy atom. The van der Waals surface area contributed by atoms with Crippen LogP contribution in [0.15, 0.2) is 54.6 Å². The topological polar surface area (TPSA) is 71.1 Å². The van der Waals surface area contributed by atoms with Crippen LogP contribution >= 0.6 is 22.9 Å². The third-order valence-electron chi connectivity index (χ3n) is 3.40. The summed E-state index contributed by atoms with van der Waals surface area (Å²) in [7, 11) is 0. The van der Waals surface area contributed by atoms with E-state index >= 15 is 0 Å². The Balaban J connectivity index is 1.77. The average molecular weight is 372 g/mol. The van der Waals surface area contributed by atoms with Gasteiger partial charge in [-0.2, -0.15) is 0 Å². The van der Waals surface area contributed by atoms with Crippen LogP contribution in [-0.2, 0) is 0 Å². The van der Waals surface area contributed by atoms with E-state index in [2.05, 4.69) is 15.8 Å². The van der Waals surface area contributed by atoms with Crippen molar-refractivity contribution < 1.29 is 9.59 Å². The number of nitrogens with zero attached hydrogens (tertiary/aromatic N) is 1. The molecule has 1 aromatic heterocycles. The normalized spacial score (nSPS) is 10.3. The van der Waals surface area contributed by atoms with Gasteiger partial charge in [-0.15, -0.1) is 11.3 Å². The SMILES string of the molecule is Cc1nc(-c2ccccc2)c(C(=O)NNC(=O)c2ccccc2Cl)s1. The van der Waals surface area contributed by atoms with Crippen molar-refractivity contribution in [1.29, 1.82) is 0 Å². The largest absolute Gasteiger partial charge is 0.282 e. The Bertz CT molecular complexity index is 925. The molecule has 0 radical (unpaired) electrons. The van der Waals surface area contributed by atoms with Crippen LogP contribution in [0, 0.1) is 6.92 Å². The summed E-state index contributed by atoms with van der Waals surface area (Å²) in [5.41, 5.74) is 6.52. The summed E-state index contributed by atoms with van der Waals surface area (Å²) in [6.45, 7) is 1.83. The molecule has 25 heavy (non-hydrogen) atoms. The minimum absolute atomic E-state index is 0.285. The van der Waals surface area contributed by atoms with E-state index in [-0.39, 0.29) is 5.56 Å². The first kappa shape index (κ1) is 17.1. The van der Waals surface area contributed by atoms with Gasteiger partial charge in [-0.1, -0.05) is 54.1 Å². The molecule has 3 rings (SSSR count). The van der Waals surface area contributed by atoms with Crippen molar-refractivity contribution in [3.05, 3.63) is 75.1 Å². The number of hydrogen-bond acceptors (Lipinski definition) is 4. The van der Waals surface area contributed by atoms with Crippen LogP contribution in [0.3, 0.4) is 0 Å². The molecule has 0 unspecified atom stereocenters. The van der Waals surface area contributed by atoms with E-state index in [1.807, 2.05) is 37.3 Å². The van der Waals surface area contributed by atoms with Gasteiger partial charge in [0.15, 0.2) is 0 Å². The summed E-state index contributed by atoms with van der Waals surface area (Å²) in [5.74, 6) is -0.911. The minimum atomic E-state index is -0.485. The van der Waals surface area contributed by atoms with E-state index in [9.17, 15) is 9.59 Å². The maximum atomic E-state index is 12.5. The smallest absolute Gasteiger partial charge is 0.267 e. The van der Waals surface area contributed by atoms with Crippen LogP contribution in [0.2, 0.25) is 5.02 Å². The van der Waals surface area contributed by atoms with Crippen LogP contribution in [0.25, 0.3) is 11.3 Å². The zero-order valence-corrected chi connectivity index (χ0v) is 14.8. The summed E-state index contributed by atoms with van der Waals surface area (Å²) in [6, 6.07) is 16.0. The number of aromatic nitrogens is 1. The second-order valence-electron chi connectivity index (χ2n) is 5.16. The van der Waals surface area contributed by atoms with E-state index in [1.165, 1.54) is 11.3 Å². The predicted molar refractivity (Wildman–Crippen MR) is 98.7 cm³/mol. The number of nitrogens with one attached hydrogen (secondary N) is 2. The van der Waals surface area contributed by atoms with Gasteiger partial charge >= 0.3 is 0 Å². The van der Waals surface area contributed by atoms with Gasteiger partial charge in [0.25, 0.3) is 11.8 Å². The van der Waals surface area contributed by atoms with Crippen molar-refractivity contribution in [3.63, 3.8) is 0 Å². The molecule has 0 aliphatic heterocycles. The highest BCUT2D eigenvalue weighted by Gasteiger charge is 2.19. The number of hydrogen-bond donors (Lipinski definition) is 2. The second kappa shape index (κ2) is 7.46. The lowest BCUT2D eigenvalue weighted by molar-refractivity contribution is 0.0849. The molecule has 7 heteroatoms. The maximum absolute atomic E-state index is 12.5. The molecule has 126 valence electrons. The van der Waals surface area contributed by atoms with Gasteiger partial charge < -0.3 is 0 Å². The minimum Gasteiger partial charge on any atom is -0.267 e. The van der Waals surface area contributed by atoms with E-state index in [0.717, 1.165) is 10.6 Å².